The van der Waals surface area contributed by atoms with Gasteiger partial charge >= 0.3 is 5.97 Å². The predicted molar refractivity (Wildman–Crippen MR) is 109 cm³/mol. The van der Waals surface area contributed by atoms with Gasteiger partial charge in [0.05, 0.1) is 22.1 Å². The maximum atomic E-state index is 13.1. The summed E-state index contributed by atoms with van der Waals surface area (Å²) in [5.74, 6) is -0.850. The number of carbonyl (C=O) groups excluding carboxylic acids is 1. The van der Waals surface area contributed by atoms with Gasteiger partial charge in [0.25, 0.3) is 11.3 Å². The second kappa shape index (κ2) is 6.67. The van der Waals surface area contributed by atoms with Crippen LogP contribution in [0.4, 0.5) is 5.69 Å². The van der Waals surface area contributed by atoms with Crippen LogP contribution >= 0.6 is 11.6 Å². The van der Waals surface area contributed by atoms with Gasteiger partial charge in [0.1, 0.15) is 5.75 Å². The largest absolute Gasteiger partial charge is 0.423 e. The van der Waals surface area contributed by atoms with Gasteiger partial charge in [-0.25, -0.2) is 4.79 Å². The van der Waals surface area contributed by atoms with Crippen LogP contribution in [0, 0.1) is 10.1 Å². The molecule has 0 saturated carbocycles. The van der Waals surface area contributed by atoms with Gasteiger partial charge in [0.2, 0.25) is 0 Å². The first-order valence-electron chi connectivity index (χ1n) is 9.09. The molecule has 8 heteroatoms. The molecule has 1 spiro atoms. The second-order valence-electron chi connectivity index (χ2n) is 6.98. The molecule has 30 heavy (non-hydrogen) atoms. The fraction of sp³-hybridized carbons (Fsp3) is 0.0909. The van der Waals surface area contributed by atoms with E-state index in [2.05, 4.69) is 5.16 Å². The Balaban J connectivity index is 1.70. The molecule has 148 valence electrons. The Labute approximate surface area is 175 Å². The summed E-state index contributed by atoms with van der Waals surface area (Å²) < 4.78 is 5.50. The third kappa shape index (κ3) is 2.59. The van der Waals surface area contributed by atoms with E-state index in [9.17, 15) is 14.9 Å². The molecule has 2 heterocycles. The Hall–Kier alpha value is -3.71. The summed E-state index contributed by atoms with van der Waals surface area (Å²) >= 11 is 6.02. The number of hydrogen-bond acceptors (Lipinski definition) is 6. The average Bonchev–Trinajstić information content (AvgIpc) is 3.28. The first kappa shape index (κ1) is 18.3. The molecule has 0 aromatic heterocycles. The van der Waals surface area contributed by atoms with Gasteiger partial charge in [-0.05, 0) is 23.8 Å². The summed E-state index contributed by atoms with van der Waals surface area (Å²) in [7, 11) is 0. The topological polar surface area (TPSA) is 91.0 Å². The van der Waals surface area contributed by atoms with Crippen molar-refractivity contribution in [3.63, 3.8) is 0 Å². The van der Waals surface area contributed by atoms with E-state index < -0.39 is 22.4 Å². The third-order valence-electron chi connectivity index (χ3n) is 5.34. The smallest absolute Gasteiger partial charge is 0.364 e. The standard InChI is InChI=1S/C22H13ClN2O5/c23-15-9-5-14(6-10-15)20-19(13-7-11-16(12-8-13)25(27)28)22(30-24-20)17-3-1-2-4-18(17)29-21(22)26/h1-12,19H/t19-,22+/m1/s1. The summed E-state index contributed by atoms with van der Waals surface area (Å²) in [6, 6.07) is 20.0. The Bertz CT molecular complexity index is 1210. The van der Waals surface area contributed by atoms with Crippen LogP contribution in [0.3, 0.4) is 0 Å². The summed E-state index contributed by atoms with van der Waals surface area (Å²) in [6.07, 6.45) is 0. The van der Waals surface area contributed by atoms with E-state index in [4.69, 9.17) is 21.2 Å². The highest BCUT2D eigenvalue weighted by atomic mass is 35.5. The maximum Gasteiger partial charge on any atom is 0.364 e. The summed E-state index contributed by atoms with van der Waals surface area (Å²) in [6.45, 7) is 0. The van der Waals surface area contributed by atoms with Crippen LogP contribution in [-0.4, -0.2) is 16.6 Å². The van der Waals surface area contributed by atoms with Crippen LogP contribution in [0.2, 0.25) is 5.02 Å². The van der Waals surface area contributed by atoms with Crippen molar-refractivity contribution in [2.24, 2.45) is 5.16 Å². The monoisotopic (exact) mass is 420 g/mol. The molecule has 3 aromatic carbocycles. The van der Waals surface area contributed by atoms with Crippen LogP contribution < -0.4 is 4.74 Å². The fourth-order valence-corrected chi connectivity index (χ4v) is 4.07. The minimum Gasteiger partial charge on any atom is -0.423 e. The van der Waals surface area contributed by atoms with Crippen molar-refractivity contribution in [1.82, 2.24) is 0 Å². The normalized spacial score (nSPS) is 21.7. The molecule has 0 fully saturated rings. The van der Waals surface area contributed by atoms with Gasteiger partial charge in [-0.3, -0.25) is 10.1 Å². The molecule has 2 atom stereocenters. The number of esters is 1. The van der Waals surface area contributed by atoms with Crippen LogP contribution in [0.25, 0.3) is 0 Å². The number of carbonyl (C=O) groups is 1. The number of oxime groups is 1. The number of nitrogens with zero attached hydrogens (tertiary/aromatic N) is 2. The molecule has 0 unspecified atom stereocenters. The van der Waals surface area contributed by atoms with E-state index >= 15 is 0 Å². The number of nitro groups is 1. The zero-order valence-corrected chi connectivity index (χ0v) is 16.1. The second-order valence-corrected chi connectivity index (χ2v) is 7.41. The summed E-state index contributed by atoms with van der Waals surface area (Å²) in [4.78, 5) is 29.5. The van der Waals surface area contributed by atoms with Crippen molar-refractivity contribution in [1.29, 1.82) is 0 Å². The molecular weight excluding hydrogens is 408 g/mol. The lowest BCUT2D eigenvalue weighted by Crippen LogP contribution is -2.41. The molecule has 0 bridgehead atoms. The number of para-hydroxylation sites is 1. The summed E-state index contributed by atoms with van der Waals surface area (Å²) in [5.41, 5.74) is 0.866. The number of ether oxygens (including phenoxy) is 1. The van der Waals surface area contributed by atoms with Crippen LogP contribution in [0.1, 0.15) is 22.6 Å². The molecule has 7 nitrogen and oxygen atoms in total. The molecule has 3 aromatic rings. The number of non-ortho nitro benzene ring substituents is 1. The molecular formula is C22H13ClN2O5. The van der Waals surface area contributed by atoms with Crippen LogP contribution in [-0.2, 0) is 15.2 Å². The molecule has 2 aliphatic rings. The van der Waals surface area contributed by atoms with Crippen molar-refractivity contribution in [3.05, 3.63) is 105 Å². The number of fused-ring (bicyclic) bond motifs is 2. The van der Waals surface area contributed by atoms with Gasteiger partial charge in [-0.2, -0.15) is 0 Å². The molecule has 0 amide bonds. The highest BCUT2D eigenvalue weighted by molar-refractivity contribution is 6.30. The van der Waals surface area contributed by atoms with E-state index in [0.717, 1.165) is 5.56 Å². The Kier molecular flexibility index (Phi) is 4.08. The molecule has 2 aliphatic heterocycles. The van der Waals surface area contributed by atoms with Gasteiger partial charge in [-0.15, -0.1) is 0 Å². The van der Waals surface area contributed by atoms with Crippen molar-refractivity contribution in [3.8, 4) is 5.75 Å². The minimum absolute atomic E-state index is 0.0499. The van der Waals surface area contributed by atoms with Gasteiger partial charge in [0.15, 0.2) is 0 Å². The highest BCUT2D eigenvalue weighted by Gasteiger charge is 2.63. The molecule has 5 rings (SSSR count). The zero-order chi connectivity index (χ0) is 20.9. The van der Waals surface area contributed by atoms with Crippen molar-refractivity contribution >= 4 is 29.0 Å². The lowest BCUT2D eigenvalue weighted by Gasteiger charge is -2.26. The van der Waals surface area contributed by atoms with Crippen LogP contribution in [0.5, 0.6) is 5.75 Å². The molecule has 0 saturated heterocycles. The van der Waals surface area contributed by atoms with Crippen molar-refractivity contribution in [2.45, 2.75) is 11.5 Å². The Morgan fingerprint density at radius 2 is 1.70 bits per heavy atom. The number of rotatable bonds is 3. The van der Waals surface area contributed by atoms with Gasteiger partial charge in [-0.1, -0.05) is 59.2 Å². The predicted octanol–water partition coefficient (Wildman–Crippen LogP) is 4.58. The number of hydrogen-bond donors (Lipinski definition) is 0. The lowest BCUT2D eigenvalue weighted by molar-refractivity contribution is -0.384. The maximum absolute atomic E-state index is 13.1. The first-order chi connectivity index (χ1) is 14.5. The number of halogens is 1. The molecule has 0 N–H and O–H groups in total. The SMILES string of the molecule is O=C1Oc2ccccc2[C@@]12ON=C(c1ccc(Cl)cc1)[C@H]2c1ccc([N+](=O)[O-])cc1. The van der Waals surface area contributed by atoms with E-state index in [1.54, 1.807) is 60.7 Å². The number of benzene rings is 3. The van der Waals surface area contributed by atoms with Gasteiger partial charge in [0, 0.05) is 22.7 Å². The highest BCUT2D eigenvalue weighted by Crippen LogP contribution is 2.53. The number of nitro benzene ring substituents is 1. The molecule has 0 aliphatic carbocycles. The van der Waals surface area contributed by atoms with E-state index in [1.165, 1.54) is 12.1 Å². The van der Waals surface area contributed by atoms with Crippen molar-refractivity contribution < 1.29 is 19.3 Å². The van der Waals surface area contributed by atoms with E-state index in [-0.39, 0.29) is 5.69 Å². The lowest BCUT2D eigenvalue weighted by atomic mass is 9.74. The fourth-order valence-electron chi connectivity index (χ4n) is 3.95. The Morgan fingerprint density at radius 3 is 2.40 bits per heavy atom. The Morgan fingerprint density at radius 1 is 1.00 bits per heavy atom. The quantitative estimate of drug-likeness (QED) is 0.267. The van der Waals surface area contributed by atoms with Crippen molar-refractivity contribution in [2.75, 3.05) is 0 Å². The van der Waals surface area contributed by atoms with Gasteiger partial charge < -0.3 is 9.57 Å². The third-order valence-corrected chi connectivity index (χ3v) is 5.59. The molecule has 0 radical (unpaired) electrons. The van der Waals surface area contributed by atoms with E-state index in [1.807, 2.05) is 0 Å². The van der Waals surface area contributed by atoms with E-state index in [0.29, 0.717) is 27.6 Å². The summed E-state index contributed by atoms with van der Waals surface area (Å²) in [5, 5.41) is 15.9. The minimum atomic E-state index is -1.51. The average molecular weight is 421 g/mol. The first-order valence-corrected chi connectivity index (χ1v) is 9.46. The van der Waals surface area contributed by atoms with Crippen LogP contribution in [0.15, 0.2) is 78.0 Å². The zero-order valence-electron chi connectivity index (χ0n) is 15.3.